The molecule has 0 aromatic carbocycles. The minimum absolute atomic E-state index is 0. The molecule has 0 radical (unpaired) electrons. The predicted octanol–water partition coefficient (Wildman–Crippen LogP) is 13.6. The lowest BCUT2D eigenvalue weighted by Crippen LogP contribution is -1.27. The first-order valence-electron chi connectivity index (χ1n) is 12.3. The van der Waals surface area contributed by atoms with E-state index in [2.05, 4.69) is 111 Å². The second kappa shape index (κ2) is 285. The van der Waals surface area contributed by atoms with E-state index in [-0.39, 0.29) is 14.9 Å². The smallest absolute Gasteiger partial charge is 0.0590 e. The zero-order valence-electron chi connectivity index (χ0n) is 23.7. The van der Waals surface area contributed by atoms with E-state index in [1.807, 2.05) is 13.8 Å². The molecular weight excluding hydrogens is 336 g/mol. The molecule has 0 unspecified atom stereocenters. The van der Waals surface area contributed by atoms with Crippen molar-refractivity contribution in [2.24, 2.45) is 0 Å². The van der Waals surface area contributed by atoms with Crippen LogP contribution in [0.1, 0.15) is 191 Å². The summed E-state index contributed by atoms with van der Waals surface area (Å²) >= 11 is 0. The molecule has 190 valence electrons. The van der Waals surface area contributed by atoms with E-state index in [0.29, 0.717) is 0 Å². The van der Waals surface area contributed by atoms with Crippen LogP contribution in [0, 0.1) is 0 Å². The SMILES string of the molecule is C.C.CC.CCC.CCC.CCC.CCC.CCC.CCC.CCC.CCC. The van der Waals surface area contributed by atoms with Crippen molar-refractivity contribution in [3.63, 3.8) is 0 Å². The molecule has 0 fully saturated rings. The molecule has 0 aromatic rings. The lowest BCUT2D eigenvalue weighted by molar-refractivity contribution is 1.09. The Morgan fingerprint density at radius 2 is 0.214 bits per heavy atom. The molecule has 0 aliphatic heterocycles. The van der Waals surface area contributed by atoms with Gasteiger partial charge in [-0.25, -0.2) is 0 Å². The molecule has 0 bridgehead atoms. The van der Waals surface area contributed by atoms with Crippen LogP contribution in [0.25, 0.3) is 0 Å². The lowest BCUT2D eigenvalue weighted by Gasteiger charge is -1.48. The van der Waals surface area contributed by atoms with E-state index in [1.54, 1.807) is 0 Å². The van der Waals surface area contributed by atoms with Crippen molar-refractivity contribution >= 4 is 0 Å². The standard InChI is InChI=1S/8C3H8.C2H6.2CH4/c8*1-3-2;1-2;;/h8*3H2,1-2H3;1-2H3;2*1H4. The van der Waals surface area contributed by atoms with Crippen molar-refractivity contribution in [3.8, 4) is 0 Å². The molecule has 28 heavy (non-hydrogen) atoms. The molecule has 0 heteroatoms. The van der Waals surface area contributed by atoms with E-state index < -0.39 is 0 Å². The normalized spacial score (nSPS) is 5.36. The maximum absolute atomic E-state index is 2.12. The topological polar surface area (TPSA) is 0 Å². The number of hydrogen-bond donors (Lipinski definition) is 0. The average Bonchev–Trinajstić information content (AvgIpc) is 2.55. The zero-order chi connectivity index (χ0) is 23.7. The van der Waals surface area contributed by atoms with Crippen LogP contribution in [0.5, 0.6) is 0 Å². The van der Waals surface area contributed by atoms with Crippen molar-refractivity contribution in [1.82, 2.24) is 0 Å². The van der Waals surface area contributed by atoms with Gasteiger partial charge in [-0.15, -0.1) is 0 Å². The molecule has 0 N–H and O–H groups in total. The molecule has 0 saturated heterocycles. The summed E-state index contributed by atoms with van der Waals surface area (Å²) in [6, 6.07) is 0. The molecule has 0 aromatic heterocycles. The summed E-state index contributed by atoms with van der Waals surface area (Å²) in [5.41, 5.74) is 0. The van der Waals surface area contributed by atoms with Crippen LogP contribution in [0.2, 0.25) is 0 Å². The van der Waals surface area contributed by atoms with Gasteiger partial charge < -0.3 is 0 Å². The first kappa shape index (κ1) is 70.6. The summed E-state index contributed by atoms with van der Waals surface area (Å²) in [4.78, 5) is 0. The summed E-state index contributed by atoms with van der Waals surface area (Å²) < 4.78 is 0. The molecule has 0 saturated carbocycles. The summed E-state index contributed by atoms with van der Waals surface area (Å²) in [6.45, 7) is 38.0. The van der Waals surface area contributed by atoms with Crippen LogP contribution in [0.4, 0.5) is 0 Å². The zero-order valence-corrected chi connectivity index (χ0v) is 23.7. The monoisotopic (exact) mass is 415 g/mol. The Labute approximate surface area is 191 Å². The Morgan fingerprint density at radius 3 is 0.214 bits per heavy atom. The Bertz CT molecular complexity index is 24.0. The molecule has 0 spiro atoms. The summed E-state index contributed by atoms with van der Waals surface area (Å²) in [5.74, 6) is 0. The largest absolute Gasteiger partial charge is 0.0776 e. The molecule has 0 aliphatic carbocycles. The molecule has 0 atom stereocenters. The molecule has 0 amide bonds. The molecular formula is C28H78. The first-order valence-corrected chi connectivity index (χ1v) is 12.3. The van der Waals surface area contributed by atoms with Crippen LogP contribution in [-0.2, 0) is 0 Å². The Morgan fingerprint density at radius 1 is 0.214 bits per heavy atom. The minimum atomic E-state index is 0. The van der Waals surface area contributed by atoms with Gasteiger partial charge in [0.05, 0.1) is 0 Å². The van der Waals surface area contributed by atoms with Gasteiger partial charge in [0, 0.05) is 0 Å². The van der Waals surface area contributed by atoms with Crippen LogP contribution >= 0.6 is 0 Å². The maximum Gasteiger partial charge on any atom is -0.0590 e. The van der Waals surface area contributed by atoms with Gasteiger partial charge in [0.2, 0.25) is 0 Å². The highest BCUT2D eigenvalue weighted by atomic mass is 13.4. The van der Waals surface area contributed by atoms with Crippen LogP contribution in [0.15, 0.2) is 0 Å². The van der Waals surface area contributed by atoms with Gasteiger partial charge in [0.15, 0.2) is 0 Å². The van der Waals surface area contributed by atoms with Crippen LogP contribution in [-0.4, -0.2) is 0 Å². The van der Waals surface area contributed by atoms with Crippen molar-refractivity contribution in [3.05, 3.63) is 0 Å². The number of rotatable bonds is 0. The fourth-order valence-corrected chi connectivity index (χ4v) is 0. The van der Waals surface area contributed by atoms with E-state index in [0.717, 1.165) is 0 Å². The van der Waals surface area contributed by atoms with Crippen molar-refractivity contribution in [1.29, 1.82) is 0 Å². The van der Waals surface area contributed by atoms with Gasteiger partial charge >= 0.3 is 0 Å². The maximum atomic E-state index is 2.12. The second-order valence-electron chi connectivity index (χ2n) is 5.66. The molecule has 0 aliphatic rings. The lowest BCUT2D eigenvalue weighted by atomic mass is 10.6. The molecule has 0 heterocycles. The van der Waals surface area contributed by atoms with E-state index in [1.165, 1.54) is 51.4 Å². The predicted molar refractivity (Wildman–Crippen MR) is 153 cm³/mol. The van der Waals surface area contributed by atoms with Crippen molar-refractivity contribution in [2.75, 3.05) is 0 Å². The summed E-state index contributed by atoms with van der Waals surface area (Å²) in [5, 5.41) is 0. The minimum Gasteiger partial charge on any atom is -0.0776 e. The van der Waals surface area contributed by atoms with Crippen molar-refractivity contribution < 1.29 is 0 Å². The molecule has 0 rings (SSSR count). The Kier molecular flexibility index (Phi) is 719. The third kappa shape index (κ3) is 0. The first-order chi connectivity index (χ1) is 12.3. The average molecular weight is 415 g/mol. The van der Waals surface area contributed by atoms with Crippen molar-refractivity contribution in [2.45, 2.75) is 191 Å². The van der Waals surface area contributed by atoms with Gasteiger partial charge in [0.1, 0.15) is 0 Å². The fourth-order valence-electron chi connectivity index (χ4n) is 0. The van der Waals surface area contributed by atoms with Gasteiger partial charge in [-0.1, -0.05) is 191 Å². The van der Waals surface area contributed by atoms with Gasteiger partial charge in [0.25, 0.3) is 0 Å². The van der Waals surface area contributed by atoms with Crippen LogP contribution in [0.3, 0.4) is 0 Å². The third-order valence-corrected chi connectivity index (χ3v) is 0. The van der Waals surface area contributed by atoms with E-state index >= 15 is 0 Å². The Hall–Kier alpha value is 0. The van der Waals surface area contributed by atoms with Gasteiger partial charge in [-0.2, -0.15) is 0 Å². The van der Waals surface area contributed by atoms with Gasteiger partial charge in [-0.3, -0.25) is 0 Å². The second-order valence-corrected chi connectivity index (χ2v) is 5.66. The summed E-state index contributed by atoms with van der Waals surface area (Å²) in [6.07, 6.45) is 10.0. The third-order valence-electron chi connectivity index (χ3n) is 0. The van der Waals surface area contributed by atoms with Crippen LogP contribution < -0.4 is 0 Å². The fraction of sp³-hybridized carbons (Fsp3) is 1.00. The van der Waals surface area contributed by atoms with E-state index in [4.69, 9.17) is 0 Å². The quantitative estimate of drug-likeness (QED) is 0.369. The highest BCUT2D eigenvalue weighted by Gasteiger charge is 1.37. The highest BCUT2D eigenvalue weighted by molar-refractivity contribution is 3.94. The van der Waals surface area contributed by atoms with Gasteiger partial charge in [-0.05, 0) is 0 Å². The highest BCUT2D eigenvalue weighted by Crippen LogP contribution is 1.58. The Balaban J connectivity index is -0.0000000128. The summed E-state index contributed by atoms with van der Waals surface area (Å²) in [7, 11) is 0. The molecule has 0 nitrogen and oxygen atoms in total. The number of hydrogen-bond acceptors (Lipinski definition) is 0. The van der Waals surface area contributed by atoms with E-state index in [9.17, 15) is 0 Å².